The maximum atomic E-state index is 13.5. The van der Waals surface area contributed by atoms with Gasteiger partial charge in [-0.15, -0.1) is 0 Å². The number of hydrogen-bond donors (Lipinski definition) is 1. The lowest BCUT2D eigenvalue weighted by molar-refractivity contribution is 0.179. The molecule has 6 nitrogen and oxygen atoms in total. The minimum atomic E-state index is -3.98. The molecule has 0 aliphatic heterocycles. The molecule has 18 heavy (non-hydrogen) atoms. The molecule has 0 amide bonds. The molecular weight excluding hydrogens is 261 g/mol. The third-order valence-electron chi connectivity index (χ3n) is 2.23. The van der Waals surface area contributed by atoms with Gasteiger partial charge in [0.15, 0.2) is 5.82 Å². The van der Waals surface area contributed by atoms with Crippen molar-refractivity contribution in [3.05, 3.63) is 24.1 Å². The third kappa shape index (κ3) is 3.45. The largest absolute Gasteiger partial charge is 0.383 e. The minimum absolute atomic E-state index is 0.0850. The molecule has 8 heteroatoms. The van der Waals surface area contributed by atoms with E-state index in [9.17, 15) is 12.8 Å². The van der Waals surface area contributed by atoms with Crippen molar-refractivity contribution in [2.75, 3.05) is 33.4 Å². The zero-order valence-corrected chi connectivity index (χ0v) is 10.9. The summed E-state index contributed by atoms with van der Waals surface area (Å²) in [6, 6.07) is 2.38. The highest BCUT2D eigenvalue weighted by Gasteiger charge is 2.27. The zero-order valence-electron chi connectivity index (χ0n) is 10.0. The summed E-state index contributed by atoms with van der Waals surface area (Å²) in [6.07, 6.45) is 1.23. The molecule has 0 radical (unpaired) electrons. The predicted molar refractivity (Wildman–Crippen MR) is 63.9 cm³/mol. The Hall–Kier alpha value is -1.09. The molecule has 0 unspecified atom stereocenters. The maximum absolute atomic E-state index is 13.5. The molecule has 1 heterocycles. The van der Waals surface area contributed by atoms with Crippen LogP contribution in [0.2, 0.25) is 0 Å². The highest BCUT2D eigenvalue weighted by molar-refractivity contribution is 7.89. The number of hydrogen-bond acceptors (Lipinski definition) is 5. The Morgan fingerprint density at radius 2 is 2.22 bits per heavy atom. The molecule has 0 aliphatic carbocycles. The number of sulfonamides is 1. The number of methoxy groups -OCH3 is 1. The fourth-order valence-electron chi connectivity index (χ4n) is 1.37. The van der Waals surface area contributed by atoms with Crippen LogP contribution in [0.5, 0.6) is 0 Å². The molecule has 0 saturated heterocycles. The van der Waals surface area contributed by atoms with Crippen LogP contribution in [0.3, 0.4) is 0 Å². The van der Waals surface area contributed by atoms with Gasteiger partial charge >= 0.3 is 0 Å². The number of rotatable bonds is 7. The molecule has 1 rings (SSSR count). The molecule has 0 atom stereocenters. The SMILES string of the molecule is COCCN(CCN)S(=O)(=O)c1ncccc1F. The van der Waals surface area contributed by atoms with Crippen molar-refractivity contribution in [3.8, 4) is 0 Å². The highest BCUT2D eigenvalue weighted by Crippen LogP contribution is 2.15. The van der Waals surface area contributed by atoms with E-state index in [0.29, 0.717) is 0 Å². The molecule has 1 aromatic rings. The van der Waals surface area contributed by atoms with Crippen molar-refractivity contribution in [2.24, 2.45) is 5.73 Å². The number of pyridine rings is 1. The molecule has 0 fully saturated rings. The summed E-state index contributed by atoms with van der Waals surface area (Å²) in [5, 5.41) is -0.588. The number of ether oxygens (including phenoxy) is 1. The second kappa shape index (κ2) is 6.74. The molecular formula is C10H16FN3O3S. The lowest BCUT2D eigenvalue weighted by atomic mass is 10.5. The monoisotopic (exact) mass is 277 g/mol. The van der Waals surface area contributed by atoms with Crippen LogP contribution >= 0.6 is 0 Å². The third-order valence-corrected chi connectivity index (χ3v) is 4.07. The Bertz CT molecular complexity index is 481. The number of nitrogens with zero attached hydrogens (tertiary/aromatic N) is 2. The van der Waals surface area contributed by atoms with Crippen LogP contribution in [0.4, 0.5) is 4.39 Å². The van der Waals surface area contributed by atoms with E-state index in [0.717, 1.165) is 10.4 Å². The molecule has 1 aromatic heterocycles. The van der Waals surface area contributed by atoms with E-state index < -0.39 is 20.9 Å². The molecule has 0 bridgehead atoms. The Labute approximate surface area is 106 Å². The first kappa shape index (κ1) is 15.0. The molecule has 0 spiro atoms. The van der Waals surface area contributed by atoms with Crippen molar-refractivity contribution in [3.63, 3.8) is 0 Å². The molecule has 0 aromatic carbocycles. The standard InChI is InChI=1S/C10H16FN3O3S/c1-17-8-7-14(6-4-12)18(15,16)10-9(11)3-2-5-13-10/h2-3,5H,4,6-8,12H2,1H3. The van der Waals surface area contributed by atoms with Crippen molar-refractivity contribution >= 4 is 10.0 Å². The van der Waals surface area contributed by atoms with Crippen LogP contribution in [0, 0.1) is 5.82 Å². The first-order valence-corrected chi connectivity index (χ1v) is 6.77. The average molecular weight is 277 g/mol. The average Bonchev–Trinajstić information content (AvgIpc) is 2.34. The first-order chi connectivity index (χ1) is 8.54. The topological polar surface area (TPSA) is 85.5 Å². The smallest absolute Gasteiger partial charge is 0.263 e. The molecule has 0 saturated carbocycles. The van der Waals surface area contributed by atoms with Gasteiger partial charge in [-0.3, -0.25) is 0 Å². The van der Waals surface area contributed by atoms with Crippen LogP contribution in [0.15, 0.2) is 23.4 Å². The van der Waals surface area contributed by atoms with E-state index in [-0.39, 0.29) is 26.2 Å². The zero-order chi connectivity index (χ0) is 13.6. The van der Waals surface area contributed by atoms with Crippen molar-refractivity contribution < 1.29 is 17.5 Å². The van der Waals surface area contributed by atoms with Gasteiger partial charge in [-0.05, 0) is 12.1 Å². The summed E-state index contributed by atoms with van der Waals surface area (Å²) in [6.45, 7) is 0.527. The summed E-state index contributed by atoms with van der Waals surface area (Å²) < 4.78 is 43.7. The summed E-state index contributed by atoms with van der Waals surface area (Å²) in [7, 11) is -2.53. The second-order valence-corrected chi connectivity index (χ2v) is 5.33. The number of aromatic nitrogens is 1. The van der Waals surface area contributed by atoms with E-state index in [1.807, 2.05) is 0 Å². The van der Waals surface area contributed by atoms with Crippen molar-refractivity contribution in [1.29, 1.82) is 0 Å². The highest BCUT2D eigenvalue weighted by atomic mass is 32.2. The van der Waals surface area contributed by atoms with E-state index in [4.69, 9.17) is 10.5 Å². The number of nitrogens with two attached hydrogens (primary N) is 1. The molecule has 102 valence electrons. The number of halogens is 1. The summed E-state index contributed by atoms with van der Waals surface area (Å²) in [5.74, 6) is -0.878. The van der Waals surface area contributed by atoms with Crippen LogP contribution in [0.25, 0.3) is 0 Å². The van der Waals surface area contributed by atoms with Gasteiger partial charge in [0.25, 0.3) is 10.0 Å². The van der Waals surface area contributed by atoms with Gasteiger partial charge in [0.1, 0.15) is 0 Å². The Kier molecular flexibility index (Phi) is 5.60. The maximum Gasteiger partial charge on any atom is 0.263 e. The summed E-state index contributed by atoms with van der Waals surface area (Å²) >= 11 is 0. The van der Waals surface area contributed by atoms with Crippen LogP contribution in [0.1, 0.15) is 0 Å². The van der Waals surface area contributed by atoms with Gasteiger partial charge in [0.2, 0.25) is 5.03 Å². The van der Waals surface area contributed by atoms with Gasteiger partial charge in [-0.25, -0.2) is 17.8 Å². The normalized spacial score (nSPS) is 12.0. The Morgan fingerprint density at radius 3 is 2.78 bits per heavy atom. The van der Waals surface area contributed by atoms with Crippen LogP contribution < -0.4 is 5.73 Å². The second-order valence-electron chi connectivity index (χ2n) is 3.48. The quantitative estimate of drug-likeness (QED) is 0.747. The van der Waals surface area contributed by atoms with Crippen LogP contribution in [-0.4, -0.2) is 51.1 Å². The van der Waals surface area contributed by atoms with Gasteiger partial charge < -0.3 is 10.5 Å². The lowest BCUT2D eigenvalue weighted by Crippen LogP contribution is -2.38. The van der Waals surface area contributed by atoms with Crippen molar-refractivity contribution in [1.82, 2.24) is 9.29 Å². The Balaban J connectivity index is 3.05. The van der Waals surface area contributed by atoms with Gasteiger partial charge in [-0.1, -0.05) is 0 Å². The van der Waals surface area contributed by atoms with Crippen molar-refractivity contribution in [2.45, 2.75) is 5.03 Å². The predicted octanol–water partition coefficient (Wildman–Crippen LogP) is -0.183. The fourth-order valence-corrected chi connectivity index (χ4v) is 2.79. The lowest BCUT2D eigenvalue weighted by Gasteiger charge is -2.20. The first-order valence-electron chi connectivity index (χ1n) is 5.33. The van der Waals surface area contributed by atoms with Gasteiger partial charge in [0, 0.05) is 32.9 Å². The molecule has 2 N–H and O–H groups in total. The fraction of sp³-hybridized carbons (Fsp3) is 0.500. The van der Waals surface area contributed by atoms with E-state index in [2.05, 4.69) is 4.98 Å². The van der Waals surface area contributed by atoms with E-state index in [1.165, 1.54) is 19.4 Å². The molecule has 0 aliphatic rings. The van der Waals surface area contributed by atoms with Gasteiger partial charge in [0.05, 0.1) is 6.61 Å². The minimum Gasteiger partial charge on any atom is -0.383 e. The van der Waals surface area contributed by atoms with E-state index in [1.54, 1.807) is 0 Å². The summed E-state index contributed by atoms with van der Waals surface area (Å²) in [5.41, 5.74) is 5.35. The van der Waals surface area contributed by atoms with Gasteiger partial charge in [-0.2, -0.15) is 4.31 Å². The Morgan fingerprint density at radius 1 is 1.50 bits per heavy atom. The van der Waals surface area contributed by atoms with Crippen LogP contribution in [-0.2, 0) is 14.8 Å². The van der Waals surface area contributed by atoms with E-state index >= 15 is 0 Å². The summed E-state index contributed by atoms with van der Waals surface area (Å²) in [4.78, 5) is 3.57.